The lowest BCUT2D eigenvalue weighted by Gasteiger charge is -2.31. The topological polar surface area (TPSA) is 80.5 Å². The van der Waals surface area contributed by atoms with Crippen LogP contribution >= 0.6 is 22.6 Å². The van der Waals surface area contributed by atoms with Gasteiger partial charge in [0.25, 0.3) is 5.91 Å². The predicted molar refractivity (Wildman–Crippen MR) is 192 cm³/mol. The van der Waals surface area contributed by atoms with Crippen LogP contribution in [0.4, 0.5) is 9.80 Å². The van der Waals surface area contributed by atoms with E-state index in [4.69, 9.17) is 4.74 Å². The van der Waals surface area contributed by atoms with E-state index in [1.165, 1.54) is 11.1 Å². The monoisotopic (exact) mass is 756 g/mol. The molecule has 1 amide bonds. The number of anilines is 1. The smallest absolute Gasteiger partial charge is 0.264 e. The van der Waals surface area contributed by atoms with Crippen LogP contribution < -0.4 is 4.90 Å². The highest BCUT2D eigenvalue weighted by molar-refractivity contribution is 14.1. The molecule has 46 heavy (non-hydrogen) atoms. The summed E-state index contributed by atoms with van der Waals surface area (Å²) >= 11 is 2.28. The highest BCUT2D eigenvalue weighted by Gasteiger charge is 2.66. The average molecular weight is 757 g/mol. The van der Waals surface area contributed by atoms with Gasteiger partial charge < -0.3 is 18.9 Å². The number of carbonyl (C=O) groups is 1. The molecule has 5 atom stereocenters. The van der Waals surface area contributed by atoms with Crippen molar-refractivity contribution >= 4 is 42.6 Å². The summed E-state index contributed by atoms with van der Waals surface area (Å²) in [6.07, 6.45) is 8.15. The Balaban J connectivity index is 1.41. The molecule has 1 saturated heterocycles. The Morgan fingerprint density at radius 1 is 1.17 bits per heavy atom. The van der Waals surface area contributed by atoms with E-state index in [2.05, 4.69) is 65.8 Å². The number of rotatable bonds is 12. The zero-order chi connectivity index (χ0) is 33.2. The highest BCUT2D eigenvalue weighted by Crippen LogP contribution is 2.60. The Hall–Kier alpha value is -2.67. The van der Waals surface area contributed by atoms with Gasteiger partial charge in [-0.3, -0.25) is 9.48 Å². The number of aromatic nitrogens is 3. The minimum atomic E-state index is -3.29. The van der Waals surface area contributed by atoms with E-state index in [1.807, 2.05) is 66.6 Å². The highest BCUT2D eigenvalue weighted by atomic mass is 127. The molecule has 0 bridgehead atoms. The van der Waals surface area contributed by atoms with E-state index < -0.39 is 20.1 Å². The Bertz CT molecular complexity index is 1600. The number of aliphatic hydroxyl groups is 1. The summed E-state index contributed by atoms with van der Waals surface area (Å²) in [7, 11) is -3.29. The van der Waals surface area contributed by atoms with Crippen molar-refractivity contribution in [3.05, 3.63) is 98.4 Å². The Labute approximate surface area is 287 Å². The molecule has 0 radical (unpaired) electrons. The summed E-state index contributed by atoms with van der Waals surface area (Å²) in [5.41, 5.74) is 4.24. The number of allylic oxidation sites excluding steroid dienone is 3. The van der Waals surface area contributed by atoms with Gasteiger partial charge in [-0.2, -0.15) is 0 Å². The largest absolute Gasteiger partial charge is 0.395 e. The summed E-state index contributed by atoms with van der Waals surface area (Å²) in [5.74, 6) is -0.728. The molecule has 1 fully saturated rings. The first-order valence-corrected chi connectivity index (χ1v) is 20.2. The average Bonchev–Trinajstić information content (AvgIpc) is 3.65. The molecule has 246 valence electrons. The molecule has 7 nitrogen and oxygen atoms in total. The third-order valence-electron chi connectivity index (χ3n) is 9.58. The molecule has 2 aliphatic rings. The van der Waals surface area contributed by atoms with E-state index in [9.17, 15) is 9.90 Å². The normalized spacial score (nSPS) is 23.7. The quantitative estimate of drug-likeness (QED) is 0.0880. The van der Waals surface area contributed by atoms with Crippen molar-refractivity contribution < 1.29 is 18.7 Å². The number of nitrogens with zero attached hydrogens (tertiary/aromatic N) is 4. The van der Waals surface area contributed by atoms with E-state index in [0.29, 0.717) is 25.2 Å². The van der Waals surface area contributed by atoms with Crippen LogP contribution in [0, 0.1) is 9.49 Å². The first kappa shape index (κ1) is 34.7. The lowest BCUT2D eigenvalue weighted by Crippen LogP contribution is -2.45. The van der Waals surface area contributed by atoms with Gasteiger partial charge in [0, 0.05) is 39.9 Å². The molecule has 2 aliphatic heterocycles. The Morgan fingerprint density at radius 3 is 2.59 bits per heavy atom. The molecule has 1 spiro atoms. The number of aliphatic hydroxyl groups excluding tert-OH is 1. The van der Waals surface area contributed by atoms with Crippen molar-refractivity contribution in [1.82, 2.24) is 15.0 Å². The maximum Gasteiger partial charge on any atom is 0.264 e. The first-order chi connectivity index (χ1) is 21.9. The van der Waals surface area contributed by atoms with Crippen LogP contribution in [0.2, 0.25) is 18.6 Å². The molecule has 1 N–H and O–H groups in total. The van der Waals surface area contributed by atoms with Gasteiger partial charge in [0.05, 0.1) is 30.0 Å². The van der Waals surface area contributed by atoms with Crippen LogP contribution in [0.25, 0.3) is 0 Å². The standard InChI is InChI=1S/C36H46FIN4O3Si/c1-24(2)11-10-12-25(3)17-20-42-32-16-15-28(38)21-30(32)36(35(42)44)26(4)34(46(5,6)37)33(45-36)18-19-41-22-31(39-40-41)29(23-43)27-13-8-7-9-14-27/h7-9,11,13-17,21-22,26,29,33-34,43H,10,12,18-20,23H2,1-6H3/b25-17+/t26-,29?,33+,34-,36+/m1/s1. The van der Waals surface area contributed by atoms with Crippen LogP contribution in [0.1, 0.15) is 69.7 Å². The lowest BCUT2D eigenvalue weighted by molar-refractivity contribution is -0.145. The number of halogens is 2. The van der Waals surface area contributed by atoms with Crippen molar-refractivity contribution in [1.29, 1.82) is 0 Å². The second-order valence-electron chi connectivity index (χ2n) is 13.6. The van der Waals surface area contributed by atoms with Crippen molar-refractivity contribution in [2.24, 2.45) is 5.92 Å². The van der Waals surface area contributed by atoms with E-state index in [-0.39, 0.29) is 29.9 Å². The second kappa shape index (κ2) is 14.2. The first-order valence-electron chi connectivity index (χ1n) is 16.2. The molecule has 2 aromatic carbocycles. The molecule has 1 aromatic heterocycles. The summed E-state index contributed by atoms with van der Waals surface area (Å²) in [5, 5.41) is 18.8. The fraction of sp³-hybridized carbons (Fsp3) is 0.472. The SMILES string of the molecule is CC(C)=CCC/C(C)=C/CN1C(=O)[C@@]2(O[C@@H](CCn3cc(C(CO)c4ccccc4)nn3)[C@H]([Si](C)(C)F)[C@H]2C)c2cc(I)ccc21. The number of carbonyl (C=O) groups excluding carboxylic acids is 1. The molecule has 3 heterocycles. The summed E-state index contributed by atoms with van der Waals surface area (Å²) in [6.45, 7) is 12.6. The third-order valence-corrected chi connectivity index (χ3v) is 12.7. The van der Waals surface area contributed by atoms with Gasteiger partial charge in [0.1, 0.15) is 0 Å². The van der Waals surface area contributed by atoms with Crippen molar-refractivity contribution in [3.8, 4) is 0 Å². The predicted octanol–water partition coefficient (Wildman–Crippen LogP) is 7.91. The van der Waals surface area contributed by atoms with Gasteiger partial charge in [-0.05, 0) is 99.5 Å². The van der Waals surface area contributed by atoms with Crippen LogP contribution in [0.5, 0.6) is 0 Å². The maximum absolute atomic E-state index is 16.3. The molecular weight excluding hydrogens is 710 g/mol. The number of aryl methyl sites for hydroxylation is 1. The molecule has 0 saturated carbocycles. The molecule has 1 unspecified atom stereocenters. The number of ether oxygens (including phenoxy) is 1. The molecule has 0 aliphatic carbocycles. The van der Waals surface area contributed by atoms with Gasteiger partial charge >= 0.3 is 0 Å². The van der Waals surface area contributed by atoms with Crippen molar-refractivity contribution in [2.75, 3.05) is 18.1 Å². The number of fused-ring (bicyclic) bond motifs is 2. The van der Waals surface area contributed by atoms with Crippen molar-refractivity contribution in [2.45, 2.75) is 89.8 Å². The minimum Gasteiger partial charge on any atom is -0.395 e. The Morgan fingerprint density at radius 2 is 1.91 bits per heavy atom. The molecule has 5 rings (SSSR count). The summed E-state index contributed by atoms with van der Waals surface area (Å²) in [4.78, 5) is 16.4. The number of hydrogen-bond donors (Lipinski definition) is 1. The lowest BCUT2D eigenvalue weighted by atomic mass is 9.82. The molecule has 10 heteroatoms. The van der Waals surface area contributed by atoms with Crippen LogP contribution in [0.15, 0.2) is 78.0 Å². The van der Waals surface area contributed by atoms with Crippen molar-refractivity contribution in [3.63, 3.8) is 0 Å². The number of amides is 1. The van der Waals surface area contributed by atoms with Gasteiger partial charge in [-0.1, -0.05) is 65.8 Å². The number of benzene rings is 2. The zero-order valence-corrected chi connectivity index (χ0v) is 30.9. The van der Waals surface area contributed by atoms with Crippen LogP contribution in [0.3, 0.4) is 0 Å². The maximum atomic E-state index is 16.3. The van der Waals surface area contributed by atoms with E-state index >= 15 is 4.11 Å². The summed E-state index contributed by atoms with van der Waals surface area (Å²) < 4.78 is 25.9. The van der Waals surface area contributed by atoms with Gasteiger partial charge in [-0.25, -0.2) is 0 Å². The van der Waals surface area contributed by atoms with Gasteiger partial charge in [0.2, 0.25) is 8.41 Å². The molecular formula is C36H46FIN4O3Si. The third kappa shape index (κ3) is 6.95. The van der Waals surface area contributed by atoms with Crippen LogP contribution in [-0.4, -0.2) is 53.7 Å². The number of hydrogen-bond acceptors (Lipinski definition) is 5. The molecule has 3 aromatic rings. The minimum absolute atomic E-state index is 0.0841. The van der Waals surface area contributed by atoms with E-state index in [0.717, 1.165) is 33.2 Å². The van der Waals surface area contributed by atoms with Gasteiger partial charge in [0.15, 0.2) is 5.60 Å². The fourth-order valence-electron chi connectivity index (χ4n) is 7.31. The fourth-order valence-corrected chi connectivity index (χ4v) is 10.3. The Kier molecular flexibility index (Phi) is 10.7. The van der Waals surface area contributed by atoms with E-state index in [1.54, 1.807) is 17.8 Å². The summed E-state index contributed by atoms with van der Waals surface area (Å²) in [6, 6.07) is 15.8. The van der Waals surface area contributed by atoms with Gasteiger partial charge in [-0.15, -0.1) is 5.10 Å². The second-order valence-corrected chi connectivity index (χ2v) is 18.6. The van der Waals surface area contributed by atoms with Crippen LogP contribution in [-0.2, 0) is 21.7 Å². The zero-order valence-electron chi connectivity index (χ0n) is 27.7.